The molecule has 4 nitrogen and oxygen atoms in total. The first-order valence-corrected chi connectivity index (χ1v) is 8.64. The molecule has 4 heteroatoms. The van der Waals surface area contributed by atoms with E-state index >= 15 is 0 Å². The van der Waals surface area contributed by atoms with Gasteiger partial charge in [0.1, 0.15) is 0 Å². The largest absolute Gasteiger partial charge is 0.378 e. The van der Waals surface area contributed by atoms with Crippen LogP contribution in [0.25, 0.3) is 0 Å². The molecular weight excluding hydrogens is 262 g/mol. The zero-order chi connectivity index (χ0) is 15.2. The van der Waals surface area contributed by atoms with Crippen LogP contribution in [-0.4, -0.2) is 29.0 Å². The molecule has 1 aromatic heterocycles. The van der Waals surface area contributed by atoms with E-state index in [1.165, 1.54) is 29.8 Å². The molecule has 1 aliphatic heterocycles. The van der Waals surface area contributed by atoms with Crippen LogP contribution in [0.3, 0.4) is 0 Å². The molecule has 0 bridgehead atoms. The Bertz CT molecular complexity index is 435. The van der Waals surface area contributed by atoms with Crippen molar-refractivity contribution in [2.45, 2.75) is 78.5 Å². The van der Waals surface area contributed by atoms with Crippen LogP contribution in [0.2, 0.25) is 0 Å². The van der Waals surface area contributed by atoms with E-state index in [1.54, 1.807) is 0 Å². The summed E-state index contributed by atoms with van der Waals surface area (Å²) in [7, 11) is 0. The minimum Gasteiger partial charge on any atom is -0.378 e. The quantitative estimate of drug-likeness (QED) is 0.799. The molecule has 120 valence electrons. The summed E-state index contributed by atoms with van der Waals surface area (Å²) in [6.45, 7) is 11.8. The lowest BCUT2D eigenvalue weighted by Gasteiger charge is -2.16. The van der Waals surface area contributed by atoms with Crippen LogP contribution >= 0.6 is 0 Å². The molecule has 2 atom stereocenters. The van der Waals surface area contributed by atoms with Gasteiger partial charge in [0.15, 0.2) is 0 Å². The van der Waals surface area contributed by atoms with Crippen molar-refractivity contribution in [1.82, 2.24) is 15.1 Å². The van der Waals surface area contributed by atoms with Crippen LogP contribution in [0.15, 0.2) is 0 Å². The first kappa shape index (κ1) is 16.5. The van der Waals surface area contributed by atoms with E-state index < -0.39 is 0 Å². The number of rotatable bonds is 8. The molecule has 1 saturated heterocycles. The van der Waals surface area contributed by atoms with E-state index in [4.69, 9.17) is 9.84 Å². The summed E-state index contributed by atoms with van der Waals surface area (Å²) in [6.07, 6.45) is 6.01. The molecule has 1 aromatic rings. The first-order chi connectivity index (χ1) is 10.2. The highest BCUT2D eigenvalue weighted by molar-refractivity contribution is 5.30. The second kappa shape index (κ2) is 7.95. The second-order valence-electron chi connectivity index (χ2n) is 5.94. The van der Waals surface area contributed by atoms with E-state index in [1.807, 2.05) is 0 Å². The molecule has 2 heterocycles. The van der Waals surface area contributed by atoms with Crippen molar-refractivity contribution in [3.05, 3.63) is 17.0 Å². The molecule has 0 aromatic carbocycles. The molecule has 0 spiro atoms. The standard InChI is InChI=1S/C17H31N3O/c1-5-15-17(13(4)18-7-3)16(6-2)20(19-15)11-10-14-9-8-12-21-14/h13-14,18H,5-12H2,1-4H3. The zero-order valence-electron chi connectivity index (χ0n) is 14.1. The van der Waals surface area contributed by atoms with Crippen LogP contribution in [0.5, 0.6) is 0 Å². The van der Waals surface area contributed by atoms with Gasteiger partial charge in [-0.2, -0.15) is 5.10 Å². The fraction of sp³-hybridized carbons (Fsp3) is 0.824. The predicted octanol–water partition coefficient (Wildman–Crippen LogP) is 3.25. The van der Waals surface area contributed by atoms with Gasteiger partial charge >= 0.3 is 0 Å². The number of aryl methyl sites for hydroxylation is 2. The van der Waals surface area contributed by atoms with Gasteiger partial charge in [0.2, 0.25) is 0 Å². The van der Waals surface area contributed by atoms with Gasteiger partial charge < -0.3 is 10.1 Å². The Labute approximate surface area is 129 Å². The molecule has 2 unspecified atom stereocenters. The van der Waals surface area contributed by atoms with E-state index in [2.05, 4.69) is 37.7 Å². The zero-order valence-corrected chi connectivity index (χ0v) is 14.1. The average molecular weight is 293 g/mol. The van der Waals surface area contributed by atoms with Crippen LogP contribution in [0.1, 0.15) is 70.0 Å². The fourth-order valence-corrected chi connectivity index (χ4v) is 3.43. The van der Waals surface area contributed by atoms with Crippen LogP contribution < -0.4 is 5.32 Å². The van der Waals surface area contributed by atoms with Crippen molar-refractivity contribution >= 4 is 0 Å². The van der Waals surface area contributed by atoms with Gasteiger partial charge in [0.25, 0.3) is 0 Å². The molecule has 21 heavy (non-hydrogen) atoms. The summed E-state index contributed by atoms with van der Waals surface area (Å²) in [5.74, 6) is 0. The predicted molar refractivity (Wildman–Crippen MR) is 86.7 cm³/mol. The van der Waals surface area contributed by atoms with E-state index in [0.29, 0.717) is 12.1 Å². The molecule has 1 fully saturated rings. The summed E-state index contributed by atoms with van der Waals surface area (Å²) in [5, 5.41) is 8.43. The number of hydrogen-bond donors (Lipinski definition) is 1. The number of nitrogens with zero attached hydrogens (tertiary/aromatic N) is 2. The average Bonchev–Trinajstić information content (AvgIpc) is 3.11. The van der Waals surface area contributed by atoms with Crippen molar-refractivity contribution in [3.8, 4) is 0 Å². The van der Waals surface area contributed by atoms with Gasteiger partial charge in [-0.1, -0.05) is 20.8 Å². The van der Waals surface area contributed by atoms with Crippen molar-refractivity contribution in [1.29, 1.82) is 0 Å². The maximum Gasteiger partial charge on any atom is 0.0672 e. The molecule has 0 aliphatic carbocycles. The van der Waals surface area contributed by atoms with Gasteiger partial charge in [-0.05, 0) is 45.6 Å². The molecule has 0 amide bonds. The van der Waals surface area contributed by atoms with Gasteiger partial charge in [-0.3, -0.25) is 4.68 Å². The number of aromatic nitrogens is 2. The van der Waals surface area contributed by atoms with Gasteiger partial charge in [-0.15, -0.1) is 0 Å². The second-order valence-corrected chi connectivity index (χ2v) is 5.94. The number of nitrogens with one attached hydrogen (secondary N) is 1. The fourth-order valence-electron chi connectivity index (χ4n) is 3.43. The number of hydrogen-bond acceptors (Lipinski definition) is 3. The Morgan fingerprint density at radius 2 is 2.14 bits per heavy atom. The van der Waals surface area contributed by atoms with Crippen LogP contribution in [0.4, 0.5) is 0 Å². The minimum atomic E-state index is 0.386. The van der Waals surface area contributed by atoms with Crippen molar-refractivity contribution in [2.75, 3.05) is 13.2 Å². The third kappa shape index (κ3) is 3.86. The lowest BCUT2D eigenvalue weighted by atomic mass is 10.0. The highest BCUT2D eigenvalue weighted by atomic mass is 16.5. The molecule has 0 radical (unpaired) electrons. The van der Waals surface area contributed by atoms with Crippen molar-refractivity contribution in [3.63, 3.8) is 0 Å². The Hall–Kier alpha value is -0.870. The highest BCUT2D eigenvalue weighted by Crippen LogP contribution is 2.25. The van der Waals surface area contributed by atoms with Gasteiger partial charge in [0.05, 0.1) is 11.8 Å². The first-order valence-electron chi connectivity index (χ1n) is 8.64. The lowest BCUT2D eigenvalue weighted by Crippen LogP contribution is -2.20. The van der Waals surface area contributed by atoms with Crippen LogP contribution in [-0.2, 0) is 24.1 Å². The third-order valence-electron chi connectivity index (χ3n) is 4.47. The SMILES string of the molecule is CCNC(C)c1c(CC)nn(CCC2CCCO2)c1CC. The topological polar surface area (TPSA) is 39.1 Å². The summed E-state index contributed by atoms with van der Waals surface area (Å²) < 4.78 is 7.98. The van der Waals surface area contributed by atoms with Crippen LogP contribution in [0, 0.1) is 0 Å². The van der Waals surface area contributed by atoms with Crippen molar-refractivity contribution < 1.29 is 4.74 Å². The van der Waals surface area contributed by atoms with E-state index in [0.717, 1.165) is 39.0 Å². The van der Waals surface area contributed by atoms with E-state index in [9.17, 15) is 0 Å². The maximum atomic E-state index is 5.74. The highest BCUT2D eigenvalue weighted by Gasteiger charge is 2.21. The summed E-state index contributed by atoms with van der Waals surface area (Å²) >= 11 is 0. The Morgan fingerprint density at radius 3 is 2.71 bits per heavy atom. The Balaban J connectivity index is 2.15. The lowest BCUT2D eigenvalue weighted by molar-refractivity contribution is 0.0992. The third-order valence-corrected chi connectivity index (χ3v) is 4.47. The smallest absolute Gasteiger partial charge is 0.0672 e. The molecular formula is C17H31N3O. The molecule has 1 aliphatic rings. The van der Waals surface area contributed by atoms with Gasteiger partial charge in [-0.25, -0.2) is 0 Å². The number of ether oxygens (including phenoxy) is 1. The Morgan fingerprint density at radius 1 is 1.33 bits per heavy atom. The molecule has 0 saturated carbocycles. The van der Waals surface area contributed by atoms with Gasteiger partial charge in [0, 0.05) is 30.5 Å². The maximum absolute atomic E-state index is 5.74. The summed E-state index contributed by atoms with van der Waals surface area (Å²) in [4.78, 5) is 0. The monoisotopic (exact) mass is 293 g/mol. The molecule has 1 N–H and O–H groups in total. The normalized spacial score (nSPS) is 20.1. The van der Waals surface area contributed by atoms with E-state index in [-0.39, 0.29) is 0 Å². The Kier molecular flexibility index (Phi) is 6.24. The summed E-state index contributed by atoms with van der Waals surface area (Å²) in [5.41, 5.74) is 4.08. The van der Waals surface area contributed by atoms with Crippen molar-refractivity contribution in [2.24, 2.45) is 0 Å². The summed E-state index contributed by atoms with van der Waals surface area (Å²) in [6, 6.07) is 0.386. The molecule has 2 rings (SSSR count). The minimum absolute atomic E-state index is 0.386.